The van der Waals surface area contributed by atoms with Gasteiger partial charge in [-0.15, -0.1) is 0 Å². The van der Waals surface area contributed by atoms with Crippen LogP contribution in [0.3, 0.4) is 0 Å². The van der Waals surface area contributed by atoms with Crippen LogP contribution in [0, 0.1) is 18.3 Å². The summed E-state index contributed by atoms with van der Waals surface area (Å²) in [6, 6.07) is 7.57. The fraction of sp³-hybridized carbons (Fsp3) is 0.333. The summed E-state index contributed by atoms with van der Waals surface area (Å²) in [5.74, 6) is -0.368. The number of hydrogen-bond acceptors (Lipinski definition) is 1. The molecule has 0 aliphatic rings. The Morgan fingerprint density at radius 1 is 1.57 bits per heavy atom. The lowest BCUT2D eigenvalue weighted by Crippen LogP contribution is -1.98. The normalized spacial score (nSPS) is 12.1. The number of halogens is 1. The van der Waals surface area contributed by atoms with Gasteiger partial charge in [-0.25, -0.2) is 0 Å². The zero-order valence-corrected chi connectivity index (χ0v) is 8.26. The Morgan fingerprint density at radius 3 is 2.79 bits per heavy atom. The van der Waals surface area contributed by atoms with E-state index in [1.807, 2.05) is 19.1 Å². The van der Waals surface area contributed by atoms with Crippen molar-refractivity contribution < 1.29 is 4.39 Å². The van der Waals surface area contributed by atoms with Gasteiger partial charge < -0.3 is 0 Å². The second-order valence-corrected chi connectivity index (χ2v) is 3.23. The highest BCUT2D eigenvalue weighted by Crippen LogP contribution is 2.19. The maximum atomic E-state index is 12.3. The molecule has 1 nitrogen and oxygen atoms in total. The molecule has 0 bridgehead atoms. The van der Waals surface area contributed by atoms with Crippen molar-refractivity contribution >= 4 is 0 Å². The molecule has 0 aliphatic carbocycles. The lowest BCUT2D eigenvalue weighted by Gasteiger charge is -2.09. The molecule has 0 heterocycles. The minimum Gasteiger partial charge on any atom is -0.250 e. The summed E-state index contributed by atoms with van der Waals surface area (Å²) in [7, 11) is 0. The number of benzene rings is 1. The van der Waals surface area contributed by atoms with Gasteiger partial charge in [-0.1, -0.05) is 19.1 Å². The fourth-order valence-electron chi connectivity index (χ4n) is 1.35. The smallest absolute Gasteiger partial charge is 0.0994 e. The summed E-state index contributed by atoms with van der Waals surface area (Å²) in [6.45, 7) is 5.18. The van der Waals surface area contributed by atoms with E-state index >= 15 is 0 Å². The Kier molecular flexibility index (Phi) is 3.64. The van der Waals surface area contributed by atoms with Crippen LogP contribution in [-0.4, -0.2) is 6.67 Å². The van der Waals surface area contributed by atoms with Crippen molar-refractivity contribution in [2.45, 2.75) is 19.3 Å². The topological polar surface area (TPSA) is 23.8 Å². The highest BCUT2D eigenvalue weighted by Gasteiger charge is 2.07. The molecule has 0 N–H and O–H groups in total. The van der Waals surface area contributed by atoms with Gasteiger partial charge in [-0.3, -0.25) is 4.39 Å². The maximum absolute atomic E-state index is 12.3. The predicted molar refractivity (Wildman–Crippen MR) is 54.6 cm³/mol. The highest BCUT2D eigenvalue weighted by molar-refractivity contribution is 5.42. The lowest BCUT2D eigenvalue weighted by atomic mass is 9.96. The van der Waals surface area contributed by atoms with Crippen molar-refractivity contribution in [2.75, 3.05) is 6.67 Å². The van der Waals surface area contributed by atoms with Gasteiger partial charge in [0.1, 0.15) is 0 Å². The van der Waals surface area contributed by atoms with E-state index in [1.54, 1.807) is 6.07 Å². The van der Waals surface area contributed by atoms with Crippen LogP contribution in [0.4, 0.5) is 4.39 Å². The van der Waals surface area contributed by atoms with Crippen LogP contribution in [0.25, 0.3) is 0 Å². The third kappa shape index (κ3) is 2.11. The van der Waals surface area contributed by atoms with Gasteiger partial charge in [-0.05, 0) is 30.5 Å². The maximum Gasteiger partial charge on any atom is 0.0994 e. The molecular weight excluding hydrogens is 177 g/mol. The van der Waals surface area contributed by atoms with E-state index in [1.165, 1.54) is 0 Å². The van der Waals surface area contributed by atoms with Gasteiger partial charge >= 0.3 is 0 Å². The van der Waals surface area contributed by atoms with Gasteiger partial charge in [-0.2, -0.15) is 5.26 Å². The largest absolute Gasteiger partial charge is 0.250 e. The summed E-state index contributed by atoms with van der Waals surface area (Å²) in [5, 5.41) is 8.86. The van der Waals surface area contributed by atoms with E-state index in [9.17, 15) is 4.39 Å². The van der Waals surface area contributed by atoms with Crippen LogP contribution in [0.5, 0.6) is 0 Å². The van der Waals surface area contributed by atoms with Gasteiger partial charge in [0.05, 0.1) is 18.3 Å². The van der Waals surface area contributed by atoms with Crippen molar-refractivity contribution in [1.82, 2.24) is 0 Å². The summed E-state index contributed by atoms with van der Waals surface area (Å²) >= 11 is 0. The molecule has 0 saturated heterocycles. The van der Waals surface area contributed by atoms with E-state index in [-0.39, 0.29) is 5.92 Å². The lowest BCUT2D eigenvalue weighted by molar-refractivity contribution is 0.465. The molecule has 0 aliphatic heterocycles. The molecule has 1 unspecified atom stereocenters. The zero-order chi connectivity index (χ0) is 10.6. The van der Waals surface area contributed by atoms with Gasteiger partial charge in [0.15, 0.2) is 0 Å². The van der Waals surface area contributed by atoms with E-state index in [2.05, 4.69) is 13.0 Å². The van der Waals surface area contributed by atoms with Crippen molar-refractivity contribution in [3.63, 3.8) is 0 Å². The second-order valence-electron chi connectivity index (χ2n) is 3.23. The second kappa shape index (κ2) is 4.76. The first kappa shape index (κ1) is 10.7. The summed E-state index contributed by atoms with van der Waals surface area (Å²) in [4.78, 5) is 0. The third-order valence-corrected chi connectivity index (χ3v) is 2.29. The molecule has 1 atom stereocenters. The van der Waals surface area contributed by atoms with Crippen molar-refractivity contribution in [3.8, 4) is 6.07 Å². The number of rotatable bonds is 3. The molecule has 14 heavy (non-hydrogen) atoms. The Labute approximate surface area is 84.2 Å². The number of alkyl halides is 1. The number of hydrogen-bond donors (Lipinski definition) is 0. The molecule has 0 saturated carbocycles. The van der Waals surface area contributed by atoms with Crippen LogP contribution in [0.1, 0.15) is 29.5 Å². The SMILES string of the molecule is [CH2]C(CF)c1ccc(CC)c(C#N)c1. The summed E-state index contributed by atoms with van der Waals surface area (Å²) in [5.41, 5.74) is 2.43. The third-order valence-electron chi connectivity index (χ3n) is 2.29. The first-order chi connectivity index (χ1) is 6.72. The molecule has 0 fully saturated rings. The van der Waals surface area contributed by atoms with Gasteiger partial charge in [0.25, 0.3) is 0 Å². The van der Waals surface area contributed by atoms with Crippen LogP contribution >= 0.6 is 0 Å². The standard InChI is InChI=1S/C12H13FN/c1-3-10-4-5-11(9(2)7-13)6-12(10)8-14/h4-6,9H,2-3,7H2,1H3. The van der Waals surface area contributed by atoms with E-state index in [0.29, 0.717) is 5.56 Å². The molecule has 1 aromatic rings. The molecule has 1 rings (SSSR count). The number of aryl methyl sites for hydroxylation is 1. The highest BCUT2D eigenvalue weighted by atomic mass is 19.1. The number of nitrogens with zero attached hydrogens (tertiary/aromatic N) is 1. The van der Waals surface area contributed by atoms with Crippen LogP contribution in [-0.2, 0) is 6.42 Å². The molecule has 73 valence electrons. The molecular formula is C12H13FN. The fourth-order valence-corrected chi connectivity index (χ4v) is 1.35. The van der Waals surface area contributed by atoms with E-state index in [0.717, 1.165) is 17.5 Å². The minimum absolute atomic E-state index is 0.368. The van der Waals surface area contributed by atoms with Crippen LogP contribution in [0.15, 0.2) is 18.2 Å². The van der Waals surface area contributed by atoms with Crippen molar-refractivity contribution in [2.24, 2.45) is 0 Å². The van der Waals surface area contributed by atoms with E-state index < -0.39 is 6.67 Å². The minimum atomic E-state index is -0.490. The quantitative estimate of drug-likeness (QED) is 0.718. The monoisotopic (exact) mass is 190 g/mol. The summed E-state index contributed by atoms with van der Waals surface area (Å²) < 4.78 is 12.3. The Morgan fingerprint density at radius 2 is 2.29 bits per heavy atom. The molecule has 1 radical (unpaired) electrons. The zero-order valence-electron chi connectivity index (χ0n) is 8.26. The Balaban J connectivity index is 3.09. The molecule has 1 aromatic carbocycles. The Hall–Kier alpha value is -1.36. The molecule has 0 aromatic heterocycles. The van der Waals surface area contributed by atoms with Crippen molar-refractivity contribution in [1.29, 1.82) is 5.26 Å². The Bertz CT molecular complexity index is 352. The number of nitriles is 1. The average Bonchev–Trinajstić information content (AvgIpc) is 2.26. The van der Waals surface area contributed by atoms with Crippen LogP contribution in [0.2, 0.25) is 0 Å². The summed E-state index contributed by atoms with van der Waals surface area (Å²) in [6.07, 6.45) is 0.820. The molecule has 0 spiro atoms. The first-order valence-electron chi connectivity index (χ1n) is 4.64. The first-order valence-corrected chi connectivity index (χ1v) is 4.64. The van der Waals surface area contributed by atoms with Gasteiger partial charge in [0, 0.05) is 5.92 Å². The predicted octanol–water partition coefficient (Wildman–Crippen LogP) is 3.01. The average molecular weight is 190 g/mol. The molecule has 2 heteroatoms. The van der Waals surface area contributed by atoms with Crippen LogP contribution < -0.4 is 0 Å². The van der Waals surface area contributed by atoms with Gasteiger partial charge in [0.2, 0.25) is 0 Å². The van der Waals surface area contributed by atoms with Crippen molar-refractivity contribution in [3.05, 3.63) is 41.8 Å². The molecule has 0 amide bonds. The van der Waals surface area contributed by atoms with E-state index in [4.69, 9.17) is 5.26 Å².